The molecular formula is C30H24BrN3O4. The standard InChI is InChI=1S/C30H24BrN3O4/c31-25-16-17-26(38-30(37)23-14-8-3-9-15-23)24(18-25)19-33-34-27(35)20-32-29(36)28(21-10-4-1-5-11-21)22-12-6-2-7-13-22/h1-19,28H,20H2,(H,32,36)(H,34,35). The fourth-order valence-electron chi connectivity index (χ4n) is 3.72. The quantitative estimate of drug-likeness (QED) is 0.127. The minimum Gasteiger partial charge on any atom is -0.422 e. The van der Waals surface area contributed by atoms with Crippen molar-refractivity contribution in [3.63, 3.8) is 0 Å². The lowest BCUT2D eigenvalue weighted by molar-refractivity contribution is -0.126. The minimum absolute atomic E-state index is 0.263. The van der Waals surface area contributed by atoms with Crippen molar-refractivity contribution in [2.45, 2.75) is 5.92 Å². The van der Waals surface area contributed by atoms with E-state index in [0.717, 1.165) is 15.6 Å². The summed E-state index contributed by atoms with van der Waals surface area (Å²) >= 11 is 3.38. The maximum absolute atomic E-state index is 13.1. The maximum Gasteiger partial charge on any atom is 0.343 e. The second kappa shape index (κ2) is 13.1. The van der Waals surface area contributed by atoms with Crippen LogP contribution >= 0.6 is 15.9 Å². The van der Waals surface area contributed by atoms with E-state index in [-0.39, 0.29) is 18.2 Å². The van der Waals surface area contributed by atoms with Crippen LogP contribution in [-0.2, 0) is 9.59 Å². The number of ether oxygens (including phenoxy) is 1. The Morgan fingerprint density at radius 2 is 1.39 bits per heavy atom. The molecule has 4 aromatic rings. The van der Waals surface area contributed by atoms with E-state index < -0.39 is 17.8 Å². The third-order valence-electron chi connectivity index (χ3n) is 5.53. The van der Waals surface area contributed by atoms with Crippen LogP contribution in [0.4, 0.5) is 0 Å². The van der Waals surface area contributed by atoms with Crippen LogP contribution < -0.4 is 15.5 Å². The number of carbonyl (C=O) groups is 3. The highest BCUT2D eigenvalue weighted by molar-refractivity contribution is 9.10. The molecule has 0 fully saturated rings. The van der Waals surface area contributed by atoms with Crippen molar-refractivity contribution in [3.05, 3.63) is 136 Å². The Labute approximate surface area is 228 Å². The van der Waals surface area contributed by atoms with Gasteiger partial charge in [-0.25, -0.2) is 10.2 Å². The molecule has 0 heterocycles. The van der Waals surface area contributed by atoms with Gasteiger partial charge in [0.2, 0.25) is 5.91 Å². The van der Waals surface area contributed by atoms with E-state index in [0.29, 0.717) is 11.1 Å². The first-order valence-electron chi connectivity index (χ1n) is 11.8. The van der Waals surface area contributed by atoms with Gasteiger partial charge in [-0.15, -0.1) is 0 Å². The average molecular weight is 570 g/mol. The molecule has 0 atom stereocenters. The zero-order valence-electron chi connectivity index (χ0n) is 20.2. The average Bonchev–Trinajstić information content (AvgIpc) is 2.95. The Morgan fingerprint density at radius 1 is 0.816 bits per heavy atom. The minimum atomic E-state index is -0.558. The molecule has 7 nitrogen and oxygen atoms in total. The van der Waals surface area contributed by atoms with Gasteiger partial charge in [-0.05, 0) is 41.5 Å². The number of nitrogens with zero attached hydrogens (tertiary/aromatic N) is 1. The van der Waals surface area contributed by atoms with E-state index in [1.807, 2.05) is 66.7 Å². The van der Waals surface area contributed by atoms with Gasteiger partial charge < -0.3 is 10.1 Å². The second-order valence-corrected chi connectivity index (χ2v) is 9.12. The molecule has 0 aromatic heterocycles. The van der Waals surface area contributed by atoms with Crippen molar-refractivity contribution in [2.24, 2.45) is 5.10 Å². The number of carbonyl (C=O) groups excluding carboxylic acids is 3. The van der Waals surface area contributed by atoms with Crippen LogP contribution in [-0.4, -0.2) is 30.5 Å². The Bertz CT molecular complexity index is 1390. The highest BCUT2D eigenvalue weighted by Gasteiger charge is 2.22. The number of rotatable bonds is 9. The number of nitrogens with one attached hydrogen (secondary N) is 2. The lowest BCUT2D eigenvalue weighted by atomic mass is 9.90. The summed E-state index contributed by atoms with van der Waals surface area (Å²) < 4.78 is 6.25. The first-order chi connectivity index (χ1) is 18.5. The molecule has 0 spiro atoms. The molecule has 8 heteroatoms. The number of amides is 2. The number of esters is 1. The predicted molar refractivity (Wildman–Crippen MR) is 149 cm³/mol. The molecule has 190 valence electrons. The third-order valence-corrected chi connectivity index (χ3v) is 6.02. The van der Waals surface area contributed by atoms with E-state index in [2.05, 4.69) is 31.8 Å². The summed E-state index contributed by atoms with van der Waals surface area (Å²) in [6.45, 7) is -0.263. The summed E-state index contributed by atoms with van der Waals surface area (Å²) in [6.07, 6.45) is 1.37. The fraction of sp³-hybridized carbons (Fsp3) is 0.0667. The molecule has 2 amide bonds. The van der Waals surface area contributed by atoms with Gasteiger partial charge in [0.15, 0.2) is 0 Å². The van der Waals surface area contributed by atoms with Crippen molar-refractivity contribution in [3.8, 4) is 5.75 Å². The number of halogens is 1. The summed E-state index contributed by atoms with van der Waals surface area (Å²) in [4.78, 5) is 37.9. The van der Waals surface area contributed by atoms with Crippen molar-refractivity contribution >= 4 is 39.9 Å². The molecule has 0 aliphatic heterocycles. The number of hydrazone groups is 1. The van der Waals surface area contributed by atoms with E-state index in [1.54, 1.807) is 42.5 Å². The first kappa shape index (κ1) is 26.5. The third kappa shape index (κ3) is 7.24. The number of hydrogen-bond donors (Lipinski definition) is 2. The maximum atomic E-state index is 13.1. The molecule has 0 saturated heterocycles. The fourth-order valence-corrected chi connectivity index (χ4v) is 4.09. The second-order valence-electron chi connectivity index (χ2n) is 8.20. The van der Waals surface area contributed by atoms with Crippen molar-refractivity contribution < 1.29 is 19.1 Å². The van der Waals surface area contributed by atoms with Crippen LogP contribution in [0, 0.1) is 0 Å². The summed E-state index contributed by atoms with van der Waals surface area (Å²) in [6, 6.07) is 32.4. The zero-order chi connectivity index (χ0) is 26.7. The Balaban J connectivity index is 1.38. The van der Waals surface area contributed by atoms with E-state index >= 15 is 0 Å². The number of hydrogen-bond acceptors (Lipinski definition) is 5. The van der Waals surface area contributed by atoms with Gasteiger partial charge >= 0.3 is 5.97 Å². The highest BCUT2D eigenvalue weighted by atomic mass is 79.9. The topological polar surface area (TPSA) is 96.9 Å². The molecule has 2 N–H and O–H groups in total. The number of benzene rings is 4. The van der Waals surface area contributed by atoms with Gasteiger partial charge in [-0.1, -0.05) is 94.8 Å². The molecule has 0 unspecified atom stereocenters. The normalized spacial score (nSPS) is 10.8. The summed E-state index contributed by atoms with van der Waals surface area (Å²) in [5, 5.41) is 6.67. The molecule has 4 rings (SSSR count). The summed E-state index contributed by atoms with van der Waals surface area (Å²) in [5.41, 5.74) is 4.92. The van der Waals surface area contributed by atoms with Crippen LogP contribution in [0.3, 0.4) is 0 Å². The van der Waals surface area contributed by atoms with Crippen LogP contribution in [0.15, 0.2) is 119 Å². The largest absolute Gasteiger partial charge is 0.422 e. The van der Waals surface area contributed by atoms with Gasteiger partial charge in [0.25, 0.3) is 5.91 Å². The molecular weight excluding hydrogens is 546 g/mol. The SMILES string of the molecule is O=C(CNC(=O)C(c1ccccc1)c1ccccc1)NN=Cc1cc(Br)ccc1OC(=O)c1ccccc1. The lowest BCUT2D eigenvalue weighted by Gasteiger charge is -2.17. The molecule has 0 radical (unpaired) electrons. The molecule has 0 saturated carbocycles. The van der Waals surface area contributed by atoms with Gasteiger partial charge in [0.1, 0.15) is 5.75 Å². The zero-order valence-corrected chi connectivity index (χ0v) is 21.8. The molecule has 0 bridgehead atoms. The first-order valence-corrected chi connectivity index (χ1v) is 12.6. The van der Waals surface area contributed by atoms with Gasteiger partial charge in [-0.3, -0.25) is 9.59 Å². The van der Waals surface area contributed by atoms with E-state index in [9.17, 15) is 14.4 Å². The predicted octanol–water partition coefficient (Wildman–Crippen LogP) is 5.07. The van der Waals surface area contributed by atoms with Crippen LogP contribution in [0.5, 0.6) is 5.75 Å². The Morgan fingerprint density at radius 3 is 2.00 bits per heavy atom. The monoisotopic (exact) mass is 569 g/mol. The van der Waals surface area contributed by atoms with Gasteiger partial charge in [0, 0.05) is 10.0 Å². The Kier molecular flexibility index (Phi) is 9.15. The molecule has 0 aliphatic rings. The molecule has 4 aromatic carbocycles. The van der Waals surface area contributed by atoms with Crippen LogP contribution in [0.25, 0.3) is 0 Å². The van der Waals surface area contributed by atoms with E-state index in [1.165, 1.54) is 6.21 Å². The van der Waals surface area contributed by atoms with Gasteiger partial charge in [0.05, 0.1) is 24.2 Å². The smallest absolute Gasteiger partial charge is 0.343 e. The summed E-state index contributed by atoms with van der Waals surface area (Å²) in [5.74, 6) is -1.60. The van der Waals surface area contributed by atoms with Crippen LogP contribution in [0.2, 0.25) is 0 Å². The van der Waals surface area contributed by atoms with Crippen molar-refractivity contribution in [1.29, 1.82) is 0 Å². The highest BCUT2D eigenvalue weighted by Crippen LogP contribution is 2.25. The van der Waals surface area contributed by atoms with Crippen molar-refractivity contribution in [1.82, 2.24) is 10.7 Å². The summed E-state index contributed by atoms with van der Waals surface area (Å²) in [7, 11) is 0. The Hall–Kier alpha value is -4.56. The van der Waals surface area contributed by atoms with E-state index in [4.69, 9.17) is 4.74 Å². The van der Waals surface area contributed by atoms with Crippen molar-refractivity contribution in [2.75, 3.05) is 6.54 Å². The molecule has 38 heavy (non-hydrogen) atoms. The van der Waals surface area contributed by atoms with Crippen LogP contribution in [0.1, 0.15) is 33.0 Å². The lowest BCUT2D eigenvalue weighted by Crippen LogP contribution is -2.37. The molecule has 0 aliphatic carbocycles. The van der Waals surface area contributed by atoms with Gasteiger partial charge in [-0.2, -0.15) is 5.10 Å².